The molecule has 1 aromatic heterocycles. The Morgan fingerprint density at radius 2 is 2.00 bits per heavy atom. The normalized spacial score (nSPS) is 11.9. The summed E-state index contributed by atoms with van der Waals surface area (Å²) in [6.07, 6.45) is 5.42. The van der Waals surface area contributed by atoms with Crippen LogP contribution in [-0.2, 0) is 6.54 Å². The molecule has 1 heterocycles. The van der Waals surface area contributed by atoms with Crippen LogP contribution in [-0.4, -0.2) is 10.9 Å². The molecule has 0 aliphatic rings. The van der Waals surface area contributed by atoms with E-state index < -0.39 is 0 Å². The fourth-order valence-electron chi connectivity index (χ4n) is 2.27. The first-order chi connectivity index (χ1) is 8.49. The summed E-state index contributed by atoms with van der Waals surface area (Å²) in [4.78, 5) is 10.7. The summed E-state index contributed by atoms with van der Waals surface area (Å²) in [5.74, 6) is 0. The zero-order valence-electron chi connectivity index (χ0n) is 11.4. The van der Waals surface area contributed by atoms with Crippen molar-refractivity contribution in [2.24, 2.45) is 5.41 Å². The lowest BCUT2D eigenvalue weighted by molar-refractivity contribution is 0.112. The first kappa shape index (κ1) is 12.9. The van der Waals surface area contributed by atoms with E-state index in [2.05, 4.69) is 37.6 Å². The molecule has 0 unspecified atom stereocenters. The molecule has 0 atom stereocenters. The van der Waals surface area contributed by atoms with E-state index in [9.17, 15) is 4.79 Å². The first-order valence-corrected chi connectivity index (χ1v) is 6.54. The van der Waals surface area contributed by atoms with E-state index in [0.717, 1.165) is 23.8 Å². The van der Waals surface area contributed by atoms with Gasteiger partial charge in [-0.2, -0.15) is 0 Å². The van der Waals surface area contributed by atoms with Crippen LogP contribution in [0.25, 0.3) is 10.9 Å². The molecular weight excluding hydrogens is 222 g/mol. The van der Waals surface area contributed by atoms with Gasteiger partial charge in [0, 0.05) is 29.2 Å². The average molecular weight is 243 g/mol. The number of hydrogen-bond donors (Lipinski definition) is 0. The Bertz CT molecular complexity index is 546. The second kappa shape index (κ2) is 4.97. The quantitative estimate of drug-likeness (QED) is 0.735. The first-order valence-electron chi connectivity index (χ1n) is 6.54. The summed E-state index contributed by atoms with van der Waals surface area (Å²) < 4.78 is 2.27. The second-order valence-corrected chi connectivity index (χ2v) is 6.11. The van der Waals surface area contributed by atoms with Crippen LogP contribution in [0.4, 0.5) is 0 Å². The van der Waals surface area contributed by atoms with E-state index in [4.69, 9.17) is 0 Å². The standard InChI is InChI=1S/C16H21NO/c1-16(2,3)8-4-9-17-10-7-14-11-13(12-18)5-6-15(14)17/h5-7,10-12H,4,8-9H2,1-3H3. The Hall–Kier alpha value is -1.57. The smallest absolute Gasteiger partial charge is 0.150 e. The minimum atomic E-state index is 0.396. The number of carbonyl (C=O) groups excluding carboxylic acids is 1. The van der Waals surface area contributed by atoms with E-state index in [0.29, 0.717) is 5.41 Å². The molecule has 0 saturated heterocycles. The number of aryl methyl sites for hydroxylation is 1. The van der Waals surface area contributed by atoms with Gasteiger partial charge in [-0.05, 0) is 42.5 Å². The van der Waals surface area contributed by atoms with Gasteiger partial charge in [0.15, 0.2) is 0 Å². The van der Waals surface area contributed by atoms with Crippen molar-refractivity contribution in [2.45, 2.75) is 40.2 Å². The van der Waals surface area contributed by atoms with Crippen LogP contribution >= 0.6 is 0 Å². The number of nitrogens with zero attached hydrogens (tertiary/aromatic N) is 1. The maximum atomic E-state index is 10.7. The zero-order valence-corrected chi connectivity index (χ0v) is 11.4. The van der Waals surface area contributed by atoms with Gasteiger partial charge in [0.05, 0.1) is 0 Å². The molecule has 18 heavy (non-hydrogen) atoms. The third kappa shape index (κ3) is 3.00. The summed E-state index contributed by atoms with van der Waals surface area (Å²) >= 11 is 0. The van der Waals surface area contributed by atoms with Crippen LogP contribution in [0, 0.1) is 5.41 Å². The predicted molar refractivity (Wildman–Crippen MR) is 76.0 cm³/mol. The van der Waals surface area contributed by atoms with Crippen molar-refractivity contribution in [2.75, 3.05) is 0 Å². The maximum Gasteiger partial charge on any atom is 0.150 e. The molecule has 0 radical (unpaired) electrons. The van der Waals surface area contributed by atoms with Gasteiger partial charge in [0.2, 0.25) is 0 Å². The Balaban J connectivity index is 2.12. The number of benzene rings is 1. The maximum absolute atomic E-state index is 10.7. The lowest BCUT2D eigenvalue weighted by Crippen LogP contribution is -2.07. The van der Waals surface area contributed by atoms with Crippen molar-refractivity contribution in [3.8, 4) is 0 Å². The van der Waals surface area contributed by atoms with E-state index in [-0.39, 0.29) is 0 Å². The molecule has 0 saturated carbocycles. The molecule has 0 N–H and O–H groups in total. The third-order valence-corrected chi connectivity index (χ3v) is 3.26. The molecule has 2 rings (SSSR count). The molecular formula is C16H21NO. The lowest BCUT2D eigenvalue weighted by Gasteiger charge is -2.18. The van der Waals surface area contributed by atoms with Crippen molar-refractivity contribution in [1.82, 2.24) is 4.57 Å². The number of aldehydes is 1. The van der Waals surface area contributed by atoms with Crippen LogP contribution < -0.4 is 0 Å². The zero-order chi connectivity index (χ0) is 13.2. The summed E-state index contributed by atoms with van der Waals surface area (Å²) in [5.41, 5.74) is 2.36. The molecule has 0 bridgehead atoms. The summed E-state index contributed by atoms with van der Waals surface area (Å²) in [6, 6.07) is 7.95. The number of fused-ring (bicyclic) bond motifs is 1. The van der Waals surface area contributed by atoms with Gasteiger partial charge in [-0.15, -0.1) is 0 Å². The van der Waals surface area contributed by atoms with Crippen LogP contribution in [0.3, 0.4) is 0 Å². The van der Waals surface area contributed by atoms with Gasteiger partial charge in [0.25, 0.3) is 0 Å². The van der Waals surface area contributed by atoms with E-state index >= 15 is 0 Å². The number of rotatable bonds is 4. The van der Waals surface area contributed by atoms with Gasteiger partial charge in [0.1, 0.15) is 6.29 Å². The molecule has 2 nitrogen and oxygen atoms in total. The molecule has 0 aliphatic heterocycles. The van der Waals surface area contributed by atoms with Crippen molar-refractivity contribution >= 4 is 17.2 Å². The van der Waals surface area contributed by atoms with Crippen LogP contribution in [0.5, 0.6) is 0 Å². The molecule has 0 amide bonds. The highest BCUT2D eigenvalue weighted by Gasteiger charge is 2.09. The monoisotopic (exact) mass is 243 g/mol. The fraction of sp³-hybridized carbons (Fsp3) is 0.438. The Labute approximate surface area is 109 Å². The van der Waals surface area contributed by atoms with E-state index in [1.165, 1.54) is 18.4 Å². The Morgan fingerprint density at radius 3 is 2.67 bits per heavy atom. The van der Waals surface area contributed by atoms with Gasteiger partial charge < -0.3 is 4.57 Å². The highest BCUT2D eigenvalue weighted by molar-refractivity contribution is 5.87. The van der Waals surface area contributed by atoms with Crippen molar-refractivity contribution < 1.29 is 4.79 Å². The number of aromatic nitrogens is 1. The Morgan fingerprint density at radius 1 is 1.22 bits per heavy atom. The second-order valence-electron chi connectivity index (χ2n) is 6.11. The molecule has 96 valence electrons. The average Bonchev–Trinajstić information content (AvgIpc) is 2.70. The van der Waals surface area contributed by atoms with Crippen LogP contribution in [0.15, 0.2) is 30.5 Å². The molecule has 0 aliphatic carbocycles. The molecule has 1 aromatic carbocycles. The molecule has 2 aromatic rings. The lowest BCUT2D eigenvalue weighted by atomic mass is 9.91. The minimum Gasteiger partial charge on any atom is -0.347 e. The highest BCUT2D eigenvalue weighted by Crippen LogP contribution is 2.22. The van der Waals surface area contributed by atoms with Crippen molar-refractivity contribution in [1.29, 1.82) is 0 Å². The van der Waals surface area contributed by atoms with Gasteiger partial charge in [-0.3, -0.25) is 4.79 Å². The largest absolute Gasteiger partial charge is 0.347 e. The molecule has 2 heteroatoms. The summed E-state index contributed by atoms with van der Waals surface area (Å²) in [6.45, 7) is 7.87. The van der Waals surface area contributed by atoms with Crippen LogP contribution in [0.2, 0.25) is 0 Å². The fourth-order valence-corrected chi connectivity index (χ4v) is 2.27. The number of carbonyl (C=O) groups is 1. The van der Waals surface area contributed by atoms with Gasteiger partial charge in [-0.1, -0.05) is 20.8 Å². The Kier molecular flexibility index (Phi) is 3.55. The third-order valence-electron chi connectivity index (χ3n) is 3.26. The predicted octanol–water partition coefficient (Wildman–Crippen LogP) is 4.28. The van der Waals surface area contributed by atoms with Gasteiger partial charge >= 0.3 is 0 Å². The van der Waals surface area contributed by atoms with E-state index in [1.54, 1.807) is 0 Å². The van der Waals surface area contributed by atoms with Gasteiger partial charge in [-0.25, -0.2) is 0 Å². The van der Waals surface area contributed by atoms with Crippen molar-refractivity contribution in [3.05, 3.63) is 36.0 Å². The van der Waals surface area contributed by atoms with Crippen molar-refractivity contribution in [3.63, 3.8) is 0 Å². The summed E-state index contributed by atoms with van der Waals surface area (Å²) in [5, 5.41) is 1.15. The number of hydrogen-bond acceptors (Lipinski definition) is 1. The SMILES string of the molecule is CC(C)(C)CCCn1ccc2cc(C=O)ccc21. The minimum absolute atomic E-state index is 0.396. The molecule has 0 spiro atoms. The highest BCUT2D eigenvalue weighted by atomic mass is 16.1. The molecule has 0 fully saturated rings. The van der Waals surface area contributed by atoms with E-state index in [1.807, 2.05) is 18.2 Å². The summed E-state index contributed by atoms with van der Waals surface area (Å²) in [7, 11) is 0. The van der Waals surface area contributed by atoms with Crippen LogP contribution in [0.1, 0.15) is 44.0 Å². The topological polar surface area (TPSA) is 22.0 Å².